The van der Waals surface area contributed by atoms with Crippen LogP contribution in [0.2, 0.25) is 0 Å². The quantitative estimate of drug-likeness (QED) is 0.636. The van der Waals surface area contributed by atoms with E-state index in [0.29, 0.717) is 11.9 Å². The van der Waals surface area contributed by atoms with E-state index in [2.05, 4.69) is 46.1 Å². The van der Waals surface area contributed by atoms with Gasteiger partial charge >= 0.3 is 0 Å². The van der Waals surface area contributed by atoms with Gasteiger partial charge in [-0.1, -0.05) is 53.7 Å². The van der Waals surface area contributed by atoms with Crippen LogP contribution in [0.3, 0.4) is 0 Å². The largest absolute Gasteiger partial charge is 0.296 e. The molecule has 0 saturated heterocycles. The molecule has 120 valence electrons. The van der Waals surface area contributed by atoms with Crippen molar-refractivity contribution in [2.24, 2.45) is 15.9 Å². The van der Waals surface area contributed by atoms with Crippen LogP contribution in [0.1, 0.15) is 5.56 Å². The Kier molecular flexibility index (Phi) is 4.05. The summed E-state index contributed by atoms with van der Waals surface area (Å²) >= 11 is 8.04. The highest BCUT2D eigenvalue weighted by Gasteiger charge is 2.36. The Morgan fingerprint density at radius 2 is 2.13 bits per heavy atom. The Bertz CT molecular complexity index is 700. The predicted molar refractivity (Wildman–Crippen MR) is 96.5 cm³/mol. The maximum absolute atomic E-state index is 6.45. The van der Waals surface area contributed by atoms with Crippen LogP contribution in [0, 0.1) is 5.92 Å². The molecule has 3 aliphatic rings. The molecule has 0 saturated carbocycles. The number of hydrogen-bond donors (Lipinski definition) is 2. The van der Waals surface area contributed by atoms with Crippen molar-refractivity contribution >= 4 is 34.5 Å². The van der Waals surface area contributed by atoms with Crippen LogP contribution < -0.4 is 10.7 Å². The van der Waals surface area contributed by atoms with Crippen LogP contribution in [-0.4, -0.2) is 41.0 Å². The molecule has 0 aliphatic carbocycles. The lowest BCUT2D eigenvalue weighted by Crippen LogP contribution is -2.48. The lowest BCUT2D eigenvalue weighted by molar-refractivity contribution is 0.365. The maximum atomic E-state index is 6.45. The number of hydrogen-bond acceptors (Lipinski definition) is 6. The van der Waals surface area contributed by atoms with E-state index < -0.39 is 0 Å². The molecule has 2 unspecified atom stereocenters. The molecular weight excluding hydrogens is 330 g/mol. The zero-order valence-electron chi connectivity index (χ0n) is 12.8. The van der Waals surface area contributed by atoms with Crippen molar-refractivity contribution in [2.45, 2.75) is 11.9 Å². The fourth-order valence-corrected chi connectivity index (χ4v) is 3.83. The highest BCUT2D eigenvalue weighted by Crippen LogP contribution is 2.32. The van der Waals surface area contributed by atoms with Crippen molar-refractivity contribution in [3.05, 3.63) is 47.2 Å². The number of nitrogens with zero attached hydrogens (tertiary/aromatic N) is 3. The van der Waals surface area contributed by atoms with Crippen LogP contribution in [-0.2, 0) is 6.42 Å². The normalized spacial score (nSPS) is 26.3. The molecule has 5 nitrogen and oxygen atoms in total. The first-order valence-electron chi connectivity index (χ1n) is 7.64. The number of nitrogens with one attached hydrogen (secondary N) is 2. The number of guanidine groups is 1. The molecule has 0 amide bonds. The van der Waals surface area contributed by atoms with Gasteiger partial charge in [-0.3, -0.25) is 10.7 Å². The molecule has 0 bridgehead atoms. The lowest BCUT2D eigenvalue weighted by Gasteiger charge is -2.36. The van der Waals surface area contributed by atoms with E-state index in [1.165, 1.54) is 11.1 Å². The second-order valence-corrected chi connectivity index (χ2v) is 7.03. The molecule has 3 heterocycles. The summed E-state index contributed by atoms with van der Waals surface area (Å²) < 4.78 is 0. The first-order valence-corrected chi connectivity index (χ1v) is 9.30. The standard InChI is InChI=1S/C16H18ClN5S/c1-23-16-20-15-19-13-12(9-22(15)21-16)11(8-18-14(13)17)7-10-5-3-2-4-6-10/h2-6,11,14,18H,7-9H2,1H3,(H,19,20,21). The van der Waals surface area contributed by atoms with Gasteiger partial charge < -0.3 is 0 Å². The summed E-state index contributed by atoms with van der Waals surface area (Å²) in [6.45, 7) is 1.65. The monoisotopic (exact) mass is 347 g/mol. The van der Waals surface area contributed by atoms with E-state index in [1.54, 1.807) is 11.8 Å². The molecule has 0 radical (unpaired) electrons. The first-order chi connectivity index (χ1) is 11.2. The number of aliphatic imine (C=N–C) groups is 2. The molecule has 2 N–H and O–H groups in total. The summed E-state index contributed by atoms with van der Waals surface area (Å²) in [4.78, 5) is 9.19. The highest BCUT2D eigenvalue weighted by atomic mass is 35.5. The third-order valence-electron chi connectivity index (χ3n) is 4.35. The number of amidine groups is 1. The molecule has 4 rings (SSSR count). The molecule has 3 aliphatic heterocycles. The van der Waals surface area contributed by atoms with Gasteiger partial charge in [-0.2, -0.15) is 4.99 Å². The molecule has 0 spiro atoms. The average molecular weight is 348 g/mol. The van der Waals surface area contributed by atoms with Gasteiger partial charge in [0.25, 0.3) is 0 Å². The topological polar surface area (TPSA) is 52.0 Å². The van der Waals surface area contributed by atoms with Crippen molar-refractivity contribution in [3.8, 4) is 0 Å². The third kappa shape index (κ3) is 2.86. The van der Waals surface area contributed by atoms with Gasteiger partial charge in [-0.25, -0.2) is 10.0 Å². The Balaban J connectivity index is 1.63. The van der Waals surface area contributed by atoms with Crippen molar-refractivity contribution in [1.82, 2.24) is 15.8 Å². The lowest BCUT2D eigenvalue weighted by atomic mass is 9.87. The number of halogens is 1. The fourth-order valence-electron chi connectivity index (χ4n) is 3.18. The van der Waals surface area contributed by atoms with E-state index >= 15 is 0 Å². The third-order valence-corrected chi connectivity index (χ3v) is 5.28. The summed E-state index contributed by atoms with van der Waals surface area (Å²) in [6, 6.07) is 10.6. The number of thioether (sulfide) groups is 1. The molecule has 7 heteroatoms. The number of benzene rings is 1. The van der Waals surface area contributed by atoms with Crippen LogP contribution >= 0.6 is 23.4 Å². The van der Waals surface area contributed by atoms with E-state index in [-0.39, 0.29) is 5.50 Å². The Morgan fingerprint density at radius 3 is 2.91 bits per heavy atom. The zero-order valence-corrected chi connectivity index (χ0v) is 14.4. The second-order valence-electron chi connectivity index (χ2n) is 5.80. The van der Waals surface area contributed by atoms with Gasteiger partial charge in [0.05, 0.1) is 12.2 Å². The Morgan fingerprint density at radius 1 is 1.30 bits per heavy atom. The number of fused-ring (bicyclic) bond motifs is 1. The summed E-state index contributed by atoms with van der Waals surface area (Å²) in [6.07, 6.45) is 2.99. The minimum atomic E-state index is -0.236. The van der Waals surface area contributed by atoms with Crippen molar-refractivity contribution in [2.75, 3.05) is 19.3 Å². The van der Waals surface area contributed by atoms with Crippen LogP contribution in [0.5, 0.6) is 0 Å². The van der Waals surface area contributed by atoms with Crippen molar-refractivity contribution in [1.29, 1.82) is 0 Å². The van der Waals surface area contributed by atoms with Crippen molar-refractivity contribution in [3.63, 3.8) is 0 Å². The van der Waals surface area contributed by atoms with Gasteiger partial charge in [-0.05, 0) is 23.8 Å². The highest BCUT2D eigenvalue weighted by molar-refractivity contribution is 8.13. The van der Waals surface area contributed by atoms with E-state index in [4.69, 9.17) is 16.6 Å². The summed E-state index contributed by atoms with van der Waals surface area (Å²) in [5.74, 6) is 1.11. The number of alkyl halides is 1. The molecule has 0 aromatic heterocycles. The maximum Gasteiger partial charge on any atom is 0.247 e. The van der Waals surface area contributed by atoms with Gasteiger partial charge in [0, 0.05) is 12.5 Å². The Labute approximate surface area is 144 Å². The minimum Gasteiger partial charge on any atom is -0.296 e. The first kappa shape index (κ1) is 15.1. The predicted octanol–water partition coefficient (Wildman–Crippen LogP) is 2.18. The minimum absolute atomic E-state index is 0.236. The van der Waals surface area contributed by atoms with Gasteiger partial charge in [0.15, 0.2) is 5.17 Å². The van der Waals surface area contributed by atoms with Crippen LogP contribution in [0.4, 0.5) is 0 Å². The molecular formula is C16H18ClN5S. The van der Waals surface area contributed by atoms with Crippen LogP contribution in [0.25, 0.3) is 0 Å². The SMILES string of the molecule is CSC1=NC2=NC3=C(CN2N1)C(Cc1ccccc1)CNC3Cl. The number of hydrazine groups is 1. The Hall–Kier alpha value is -1.50. The van der Waals surface area contributed by atoms with Gasteiger partial charge in [0.1, 0.15) is 5.50 Å². The molecule has 2 atom stereocenters. The van der Waals surface area contributed by atoms with E-state index in [9.17, 15) is 0 Å². The average Bonchev–Trinajstić information content (AvgIpc) is 2.99. The summed E-state index contributed by atoms with van der Waals surface area (Å²) in [5, 5.41) is 6.25. The van der Waals surface area contributed by atoms with E-state index in [1.807, 2.05) is 11.3 Å². The second kappa shape index (κ2) is 6.19. The fraction of sp³-hybridized carbons (Fsp3) is 0.375. The summed E-state index contributed by atoms with van der Waals surface area (Å²) in [5.41, 5.74) is 6.64. The smallest absolute Gasteiger partial charge is 0.247 e. The summed E-state index contributed by atoms with van der Waals surface area (Å²) in [7, 11) is 0. The van der Waals surface area contributed by atoms with E-state index in [0.717, 1.165) is 30.4 Å². The zero-order chi connectivity index (χ0) is 15.8. The van der Waals surface area contributed by atoms with Crippen molar-refractivity contribution < 1.29 is 0 Å². The van der Waals surface area contributed by atoms with Crippen LogP contribution in [0.15, 0.2) is 51.6 Å². The molecule has 0 fully saturated rings. The molecule has 1 aromatic carbocycles. The van der Waals surface area contributed by atoms with Gasteiger partial charge in [0.2, 0.25) is 5.96 Å². The molecule has 23 heavy (non-hydrogen) atoms. The number of rotatable bonds is 2. The molecule has 1 aromatic rings. The van der Waals surface area contributed by atoms with Gasteiger partial charge in [-0.15, -0.1) is 0 Å².